The lowest BCUT2D eigenvalue weighted by Gasteiger charge is -2.28. The fraction of sp³-hybridized carbons (Fsp3) is 0.533. The summed E-state index contributed by atoms with van der Waals surface area (Å²) in [6, 6.07) is 6.13. The SMILES string of the molecule is COCCN1C(=O)C(C)(C)CNc2cc(C)ccc21. The highest BCUT2D eigenvalue weighted by Crippen LogP contribution is 2.34. The summed E-state index contributed by atoms with van der Waals surface area (Å²) >= 11 is 0. The molecule has 1 aromatic carbocycles. The normalized spacial score (nSPS) is 17.7. The Balaban J connectivity index is 2.43. The Bertz CT molecular complexity index is 483. The van der Waals surface area contributed by atoms with E-state index in [0.717, 1.165) is 11.4 Å². The highest BCUT2D eigenvalue weighted by molar-refractivity contribution is 6.01. The minimum Gasteiger partial charge on any atom is -0.383 e. The number of amides is 1. The third-order valence-electron chi connectivity index (χ3n) is 3.51. The van der Waals surface area contributed by atoms with Gasteiger partial charge in [0.1, 0.15) is 0 Å². The number of fused-ring (bicyclic) bond motifs is 1. The van der Waals surface area contributed by atoms with Crippen molar-refractivity contribution >= 4 is 17.3 Å². The Morgan fingerprint density at radius 2 is 2.16 bits per heavy atom. The number of carbonyl (C=O) groups is 1. The molecule has 0 bridgehead atoms. The molecule has 0 fully saturated rings. The number of hydrogen-bond donors (Lipinski definition) is 1. The van der Waals surface area contributed by atoms with Gasteiger partial charge in [0.05, 0.1) is 23.4 Å². The monoisotopic (exact) mass is 262 g/mol. The van der Waals surface area contributed by atoms with Crippen LogP contribution in [-0.4, -0.2) is 32.7 Å². The second-order valence-electron chi connectivity index (χ2n) is 5.71. The lowest BCUT2D eigenvalue weighted by Crippen LogP contribution is -2.43. The summed E-state index contributed by atoms with van der Waals surface area (Å²) < 4.78 is 5.13. The fourth-order valence-corrected chi connectivity index (χ4v) is 2.30. The van der Waals surface area contributed by atoms with Gasteiger partial charge in [-0.15, -0.1) is 0 Å². The molecule has 1 aliphatic heterocycles. The first kappa shape index (κ1) is 13.9. The second-order valence-corrected chi connectivity index (χ2v) is 5.71. The first-order valence-electron chi connectivity index (χ1n) is 6.61. The van der Waals surface area contributed by atoms with Gasteiger partial charge >= 0.3 is 0 Å². The van der Waals surface area contributed by atoms with Crippen molar-refractivity contribution in [1.29, 1.82) is 0 Å². The summed E-state index contributed by atoms with van der Waals surface area (Å²) in [5.74, 6) is 0.139. The average Bonchev–Trinajstić information content (AvgIpc) is 2.46. The van der Waals surface area contributed by atoms with Gasteiger partial charge in [0.15, 0.2) is 0 Å². The first-order valence-corrected chi connectivity index (χ1v) is 6.61. The van der Waals surface area contributed by atoms with Crippen molar-refractivity contribution in [1.82, 2.24) is 0 Å². The Hall–Kier alpha value is -1.55. The van der Waals surface area contributed by atoms with Crippen LogP contribution in [0.15, 0.2) is 18.2 Å². The zero-order chi connectivity index (χ0) is 14.0. The summed E-state index contributed by atoms with van der Waals surface area (Å²) in [4.78, 5) is 14.5. The van der Waals surface area contributed by atoms with Gasteiger partial charge in [-0.25, -0.2) is 0 Å². The summed E-state index contributed by atoms with van der Waals surface area (Å²) in [7, 11) is 1.65. The van der Waals surface area contributed by atoms with Gasteiger partial charge < -0.3 is 15.0 Å². The topological polar surface area (TPSA) is 41.6 Å². The molecule has 0 spiro atoms. The van der Waals surface area contributed by atoms with E-state index in [1.807, 2.05) is 30.9 Å². The van der Waals surface area contributed by atoms with E-state index >= 15 is 0 Å². The molecular weight excluding hydrogens is 240 g/mol. The number of nitrogens with zero attached hydrogens (tertiary/aromatic N) is 1. The third kappa shape index (κ3) is 2.73. The van der Waals surface area contributed by atoms with E-state index in [9.17, 15) is 4.79 Å². The molecule has 1 aromatic rings. The molecule has 4 heteroatoms. The number of anilines is 2. The Labute approximate surface area is 114 Å². The van der Waals surface area contributed by atoms with E-state index in [-0.39, 0.29) is 5.91 Å². The summed E-state index contributed by atoms with van der Waals surface area (Å²) in [6.45, 7) is 7.76. The van der Waals surface area contributed by atoms with Gasteiger partial charge in [0, 0.05) is 20.2 Å². The fourth-order valence-electron chi connectivity index (χ4n) is 2.30. The Morgan fingerprint density at radius 1 is 1.42 bits per heavy atom. The number of aryl methyl sites for hydroxylation is 1. The standard InChI is InChI=1S/C15H22N2O2/c1-11-5-6-13-12(9-11)16-10-15(2,3)14(18)17(13)7-8-19-4/h5-6,9,16H,7-8,10H2,1-4H3. The maximum absolute atomic E-state index is 12.7. The zero-order valence-corrected chi connectivity index (χ0v) is 12.1. The average molecular weight is 262 g/mol. The molecule has 1 N–H and O–H groups in total. The van der Waals surface area contributed by atoms with E-state index in [0.29, 0.717) is 19.7 Å². The van der Waals surface area contributed by atoms with Crippen LogP contribution >= 0.6 is 0 Å². The van der Waals surface area contributed by atoms with Crippen LogP contribution in [0.3, 0.4) is 0 Å². The number of rotatable bonds is 3. The molecule has 1 amide bonds. The lowest BCUT2D eigenvalue weighted by molar-refractivity contribution is -0.126. The molecular formula is C15H22N2O2. The minimum absolute atomic E-state index is 0.139. The minimum atomic E-state index is -0.416. The molecule has 19 heavy (non-hydrogen) atoms. The zero-order valence-electron chi connectivity index (χ0n) is 12.1. The molecule has 0 unspecified atom stereocenters. The van der Waals surface area contributed by atoms with Crippen LogP contribution in [0.4, 0.5) is 11.4 Å². The van der Waals surface area contributed by atoms with Crippen molar-refractivity contribution in [3.05, 3.63) is 23.8 Å². The van der Waals surface area contributed by atoms with Crippen LogP contribution < -0.4 is 10.2 Å². The van der Waals surface area contributed by atoms with Gasteiger partial charge in [0.2, 0.25) is 5.91 Å². The van der Waals surface area contributed by atoms with Gasteiger partial charge in [-0.05, 0) is 38.5 Å². The Kier molecular flexibility index (Phi) is 3.80. The van der Waals surface area contributed by atoms with E-state index < -0.39 is 5.41 Å². The number of benzene rings is 1. The molecule has 0 atom stereocenters. The summed E-state index contributed by atoms with van der Waals surface area (Å²) in [5.41, 5.74) is 2.74. The van der Waals surface area contributed by atoms with Crippen molar-refractivity contribution in [2.75, 3.05) is 37.0 Å². The number of nitrogens with one attached hydrogen (secondary N) is 1. The molecule has 1 heterocycles. The van der Waals surface area contributed by atoms with E-state index in [1.165, 1.54) is 5.56 Å². The maximum atomic E-state index is 12.7. The van der Waals surface area contributed by atoms with Gasteiger partial charge in [0.25, 0.3) is 0 Å². The van der Waals surface area contributed by atoms with Crippen molar-refractivity contribution in [3.8, 4) is 0 Å². The van der Waals surface area contributed by atoms with E-state index in [4.69, 9.17) is 4.74 Å². The third-order valence-corrected chi connectivity index (χ3v) is 3.51. The molecule has 1 aliphatic rings. The van der Waals surface area contributed by atoms with Crippen LogP contribution in [0.1, 0.15) is 19.4 Å². The summed E-state index contributed by atoms with van der Waals surface area (Å²) in [5, 5.41) is 3.39. The lowest BCUT2D eigenvalue weighted by atomic mass is 9.92. The van der Waals surface area contributed by atoms with Crippen LogP contribution in [0.2, 0.25) is 0 Å². The van der Waals surface area contributed by atoms with Crippen molar-refractivity contribution in [3.63, 3.8) is 0 Å². The predicted octanol–water partition coefficient (Wildman–Crippen LogP) is 2.43. The predicted molar refractivity (Wildman–Crippen MR) is 77.7 cm³/mol. The number of methoxy groups -OCH3 is 1. The molecule has 0 radical (unpaired) electrons. The van der Waals surface area contributed by atoms with Crippen molar-refractivity contribution in [2.24, 2.45) is 5.41 Å². The molecule has 0 saturated carbocycles. The van der Waals surface area contributed by atoms with Crippen LogP contribution in [-0.2, 0) is 9.53 Å². The van der Waals surface area contributed by atoms with E-state index in [1.54, 1.807) is 7.11 Å². The van der Waals surface area contributed by atoms with Crippen molar-refractivity contribution in [2.45, 2.75) is 20.8 Å². The molecule has 2 rings (SSSR count). The van der Waals surface area contributed by atoms with Crippen LogP contribution in [0.25, 0.3) is 0 Å². The molecule has 0 aromatic heterocycles. The number of carbonyl (C=O) groups excluding carboxylic acids is 1. The maximum Gasteiger partial charge on any atom is 0.234 e. The number of hydrogen-bond acceptors (Lipinski definition) is 3. The summed E-state index contributed by atoms with van der Waals surface area (Å²) in [6.07, 6.45) is 0. The highest BCUT2D eigenvalue weighted by Gasteiger charge is 2.36. The second kappa shape index (κ2) is 5.21. The quantitative estimate of drug-likeness (QED) is 0.909. The molecule has 0 aliphatic carbocycles. The van der Waals surface area contributed by atoms with Gasteiger partial charge in [-0.1, -0.05) is 6.07 Å². The number of ether oxygens (including phenoxy) is 1. The largest absolute Gasteiger partial charge is 0.383 e. The Morgan fingerprint density at radius 3 is 2.84 bits per heavy atom. The smallest absolute Gasteiger partial charge is 0.234 e. The van der Waals surface area contributed by atoms with Gasteiger partial charge in [-0.3, -0.25) is 4.79 Å². The molecule has 4 nitrogen and oxygen atoms in total. The van der Waals surface area contributed by atoms with Crippen LogP contribution in [0, 0.1) is 12.3 Å². The molecule has 104 valence electrons. The van der Waals surface area contributed by atoms with Gasteiger partial charge in [-0.2, -0.15) is 0 Å². The molecule has 0 saturated heterocycles. The van der Waals surface area contributed by atoms with Crippen LogP contribution in [0.5, 0.6) is 0 Å². The highest BCUT2D eigenvalue weighted by atomic mass is 16.5. The first-order chi connectivity index (χ1) is 8.95. The van der Waals surface area contributed by atoms with E-state index in [2.05, 4.69) is 18.3 Å². The van der Waals surface area contributed by atoms with Crippen molar-refractivity contribution < 1.29 is 9.53 Å².